The van der Waals surface area contributed by atoms with Crippen LogP contribution in [-0.2, 0) is 6.18 Å². The van der Waals surface area contributed by atoms with E-state index in [1.807, 2.05) is 26.0 Å². The summed E-state index contributed by atoms with van der Waals surface area (Å²) in [7, 11) is 0. The third-order valence-electron chi connectivity index (χ3n) is 3.50. The highest BCUT2D eigenvalue weighted by atomic mass is 19.4. The van der Waals surface area contributed by atoms with Gasteiger partial charge in [-0.15, -0.1) is 0 Å². The summed E-state index contributed by atoms with van der Waals surface area (Å²) in [5.41, 5.74) is 4.45. The lowest BCUT2D eigenvalue weighted by molar-refractivity contribution is -0.138. The van der Waals surface area contributed by atoms with Crippen LogP contribution < -0.4 is 11.3 Å². The highest BCUT2D eigenvalue weighted by Gasteiger charge is 2.35. The molecule has 1 heterocycles. The Morgan fingerprint density at radius 2 is 1.86 bits per heavy atom. The van der Waals surface area contributed by atoms with Gasteiger partial charge in [0, 0.05) is 18.0 Å². The Balaban J connectivity index is 2.54. The van der Waals surface area contributed by atoms with Crippen molar-refractivity contribution >= 4 is 0 Å². The van der Waals surface area contributed by atoms with E-state index in [1.54, 1.807) is 6.07 Å². The number of hydrazine groups is 1. The lowest BCUT2D eigenvalue weighted by atomic mass is 9.94. The zero-order valence-electron chi connectivity index (χ0n) is 11.7. The first-order chi connectivity index (χ1) is 9.84. The quantitative estimate of drug-likeness (QED) is 0.675. The summed E-state index contributed by atoms with van der Waals surface area (Å²) in [5.74, 6) is 5.49. The third kappa shape index (κ3) is 3.22. The van der Waals surface area contributed by atoms with Crippen molar-refractivity contribution < 1.29 is 13.2 Å². The number of hydrogen-bond donors (Lipinski definition) is 2. The number of aryl methyl sites for hydroxylation is 2. The number of rotatable bonds is 3. The summed E-state index contributed by atoms with van der Waals surface area (Å²) >= 11 is 0. The van der Waals surface area contributed by atoms with Crippen molar-refractivity contribution in [2.24, 2.45) is 5.84 Å². The molecule has 3 nitrogen and oxygen atoms in total. The number of aromatic nitrogens is 1. The number of pyridine rings is 1. The molecule has 0 aliphatic rings. The van der Waals surface area contributed by atoms with E-state index in [0.29, 0.717) is 5.56 Å². The Labute approximate surface area is 121 Å². The number of alkyl halides is 3. The second kappa shape index (κ2) is 5.83. The van der Waals surface area contributed by atoms with Gasteiger partial charge in [-0.25, -0.2) is 5.43 Å². The molecular formula is C15H16F3N3. The topological polar surface area (TPSA) is 50.9 Å². The lowest BCUT2D eigenvalue weighted by Crippen LogP contribution is -2.30. The Hall–Kier alpha value is -1.92. The molecule has 0 spiro atoms. The van der Waals surface area contributed by atoms with Crippen LogP contribution in [0.15, 0.2) is 36.7 Å². The van der Waals surface area contributed by atoms with Gasteiger partial charge < -0.3 is 0 Å². The Morgan fingerprint density at radius 1 is 1.14 bits per heavy atom. The van der Waals surface area contributed by atoms with E-state index in [-0.39, 0.29) is 5.56 Å². The van der Waals surface area contributed by atoms with Crippen molar-refractivity contribution in [3.8, 4) is 0 Å². The fraction of sp³-hybridized carbons (Fsp3) is 0.267. The van der Waals surface area contributed by atoms with Crippen LogP contribution in [0, 0.1) is 13.8 Å². The SMILES string of the molecule is Cc1ccc(C(NN)c2cnccc2C(F)(F)F)cc1C. The molecule has 1 unspecified atom stereocenters. The minimum Gasteiger partial charge on any atom is -0.271 e. The minimum atomic E-state index is -4.45. The molecule has 1 aromatic carbocycles. The number of nitrogens with one attached hydrogen (secondary N) is 1. The first-order valence-electron chi connectivity index (χ1n) is 6.39. The van der Waals surface area contributed by atoms with Crippen LogP contribution in [0.3, 0.4) is 0 Å². The first kappa shape index (κ1) is 15.5. The van der Waals surface area contributed by atoms with Crippen LogP contribution in [0.5, 0.6) is 0 Å². The van der Waals surface area contributed by atoms with Crippen LogP contribution in [0.25, 0.3) is 0 Å². The fourth-order valence-corrected chi connectivity index (χ4v) is 2.20. The average molecular weight is 295 g/mol. The van der Waals surface area contributed by atoms with Gasteiger partial charge in [0.25, 0.3) is 0 Å². The predicted octanol–water partition coefficient (Wildman–Crippen LogP) is 3.27. The summed E-state index contributed by atoms with van der Waals surface area (Å²) in [4.78, 5) is 3.80. The fourth-order valence-electron chi connectivity index (χ4n) is 2.20. The van der Waals surface area contributed by atoms with Gasteiger partial charge >= 0.3 is 6.18 Å². The van der Waals surface area contributed by atoms with Crippen molar-refractivity contribution in [3.05, 3.63) is 64.5 Å². The highest BCUT2D eigenvalue weighted by Crippen LogP contribution is 2.36. The molecule has 3 N–H and O–H groups in total. The molecule has 0 bridgehead atoms. The lowest BCUT2D eigenvalue weighted by Gasteiger charge is -2.21. The summed E-state index contributed by atoms with van der Waals surface area (Å²) in [6.07, 6.45) is -2.13. The van der Waals surface area contributed by atoms with E-state index < -0.39 is 17.8 Å². The normalized spacial score (nSPS) is 13.2. The number of benzene rings is 1. The van der Waals surface area contributed by atoms with Gasteiger partial charge in [0.1, 0.15) is 0 Å². The molecule has 0 radical (unpaired) electrons. The molecule has 0 aliphatic carbocycles. The molecule has 1 aromatic heterocycles. The van der Waals surface area contributed by atoms with Crippen molar-refractivity contribution in [2.45, 2.75) is 26.1 Å². The zero-order chi connectivity index (χ0) is 15.6. The van der Waals surface area contributed by atoms with Gasteiger partial charge in [0.2, 0.25) is 0 Å². The predicted molar refractivity (Wildman–Crippen MR) is 74.3 cm³/mol. The van der Waals surface area contributed by atoms with Gasteiger partial charge in [-0.3, -0.25) is 10.8 Å². The second-order valence-electron chi connectivity index (χ2n) is 4.90. The molecule has 0 aliphatic heterocycles. The number of halogens is 3. The van der Waals surface area contributed by atoms with Gasteiger partial charge in [0.05, 0.1) is 11.6 Å². The molecule has 2 rings (SSSR count). The molecule has 6 heteroatoms. The maximum atomic E-state index is 13.1. The van der Waals surface area contributed by atoms with Gasteiger partial charge in [0.15, 0.2) is 0 Å². The molecule has 0 saturated carbocycles. The van der Waals surface area contributed by atoms with E-state index in [2.05, 4.69) is 10.4 Å². The van der Waals surface area contributed by atoms with E-state index in [1.165, 1.54) is 6.20 Å². The van der Waals surface area contributed by atoms with E-state index in [4.69, 9.17) is 5.84 Å². The van der Waals surface area contributed by atoms with Gasteiger partial charge in [-0.05, 0) is 36.6 Å². The Kier molecular flexibility index (Phi) is 4.29. The molecule has 0 saturated heterocycles. The van der Waals surface area contributed by atoms with Gasteiger partial charge in [-0.2, -0.15) is 13.2 Å². The van der Waals surface area contributed by atoms with Crippen molar-refractivity contribution in [1.29, 1.82) is 0 Å². The summed E-state index contributed by atoms with van der Waals surface area (Å²) < 4.78 is 39.3. The third-order valence-corrected chi connectivity index (χ3v) is 3.50. The minimum absolute atomic E-state index is 0.00996. The molecule has 0 fully saturated rings. The molecule has 0 amide bonds. The average Bonchev–Trinajstić information content (AvgIpc) is 2.43. The molecular weight excluding hydrogens is 279 g/mol. The van der Waals surface area contributed by atoms with Crippen LogP contribution in [0.4, 0.5) is 13.2 Å². The van der Waals surface area contributed by atoms with E-state index in [9.17, 15) is 13.2 Å². The maximum Gasteiger partial charge on any atom is 0.416 e. The van der Waals surface area contributed by atoms with Crippen LogP contribution in [0.1, 0.15) is 33.9 Å². The molecule has 112 valence electrons. The number of hydrogen-bond acceptors (Lipinski definition) is 3. The van der Waals surface area contributed by atoms with E-state index >= 15 is 0 Å². The zero-order valence-corrected chi connectivity index (χ0v) is 11.7. The van der Waals surface area contributed by atoms with Crippen LogP contribution in [-0.4, -0.2) is 4.98 Å². The van der Waals surface area contributed by atoms with Crippen molar-refractivity contribution in [1.82, 2.24) is 10.4 Å². The maximum absolute atomic E-state index is 13.1. The molecule has 2 aromatic rings. The summed E-state index contributed by atoms with van der Waals surface area (Å²) in [5, 5.41) is 0. The summed E-state index contributed by atoms with van der Waals surface area (Å²) in [6.45, 7) is 3.84. The monoisotopic (exact) mass is 295 g/mol. The molecule has 21 heavy (non-hydrogen) atoms. The smallest absolute Gasteiger partial charge is 0.271 e. The van der Waals surface area contributed by atoms with E-state index in [0.717, 1.165) is 23.4 Å². The number of nitrogens with two attached hydrogens (primary N) is 1. The molecule has 1 atom stereocenters. The standard InChI is InChI=1S/C15H16F3N3/c1-9-3-4-11(7-10(9)2)14(21-19)12-8-20-6-5-13(12)15(16,17)18/h3-8,14,21H,19H2,1-2H3. The van der Waals surface area contributed by atoms with Crippen LogP contribution in [0.2, 0.25) is 0 Å². The largest absolute Gasteiger partial charge is 0.416 e. The Morgan fingerprint density at radius 3 is 2.43 bits per heavy atom. The number of nitrogens with zero attached hydrogens (tertiary/aromatic N) is 1. The Bertz CT molecular complexity index is 638. The summed E-state index contributed by atoms with van der Waals surface area (Å²) in [6, 6.07) is 5.64. The van der Waals surface area contributed by atoms with Crippen molar-refractivity contribution in [3.63, 3.8) is 0 Å². The van der Waals surface area contributed by atoms with Gasteiger partial charge in [-0.1, -0.05) is 18.2 Å². The van der Waals surface area contributed by atoms with Crippen molar-refractivity contribution in [2.75, 3.05) is 0 Å². The van der Waals surface area contributed by atoms with Crippen LogP contribution >= 0.6 is 0 Å². The second-order valence-corrected chi connectivity index (χ2v) is 4.90. The highest BCUT2D eigenvalue weighted by molar-refractivity contribution is 5.40. The first-order valence-corrected chi connectivity index (χ1v) is 6.39.